The highest BCUT2D eigenvalue weighted by Crippen LogP contribution is 2.39. The molecule has 2 amide bonds. The molecule has 1 heterocycles. The predicted octanol–water partition coefficient (Wildman–Crippen LogP) is 6.63. The van der Waals surface area contributed by atoms with Gasteiger partial charge in [-0.25, -0.2) is 0 Å². The van der Waals surface area contributed by atoms with Crippen LogP contribution in [0.2, 0.25) is 10.0 Å². The van der Waals surface area contributed by atoms with Crippen LogP contribution in [0, 0.1) is 25.2 Å². The third kappa shape index (κ3) is 6.49. The number of benzene rings is 3. The Labute approximate surface area is 258 Å². The summed E-state index contributed by atoms with van der Waals surface area (Å²) < 4.78 is 0. The molecule has 5 rings (SSSR count). The quantitative estimate of drug-likeness (QED) is 0.343. The first-order valence-corrected chi connectivity index (χ1v) is 15.3. The molecule has 0 spiro atoms. The third-order valence-electron chi connectivity index (χ3n) is 8.71. The standard InChI is InChI=1S/C34H36Cl2N4O2/c1-23-16-24(2)18-26(17-23)33(42)39-14-15-40(31(21-39)25-8-9-29(35)30(36)19-25)32(41)20-38-28-10-12-34(22-37,13-11-28)27-6-4-3-5-7-27/h3-9,16-19,28,31,38H,10-15,20-21H2,1-2H3/t28?,31-,34?/m0/s1. The molecule has 8 heteroatoms. The molecule has 1 aliphatic heterocycles. The maximum atomic E-state index is 13.7. The lowest BCUT2D eigenvalue weighted by Gasteiger charge is -2.42. The molecule has 1 aliphatic carbocycles. The average Bonchev–Trinajstić information content (AvgIpc) is 3.01. The summed E-state index contributed by atoms with van der Waals surface area (Å²) in [5.41, 5.74) is 4.18. The van der Waals surface area contributed by atoms with Crippen molar-refractivity contribution in [1.82, 2.24) is 15.1 Å². The Bertz CT molecular complexity index is 1470. The summed E-state index contributed by atoms with van der Waals surface area (Å²) in [5.74, 6) is -0.0663. The van der Waals surface area contributed by atoms with Gasteiger partial charge in [-0.3, -0.25) is 9.59 Å². The van der Waals surface area contributed by atoms with Crippen LogP contribution < -0.4 is 5.32 Å². The Balaban J connectivity index is 1.27. The van der Waals surface area contributed by atoms with Crippen molar-refractivity contribution >= 4 is 35.0 Å². The molecule has 2 fully saturated rings. The van der Waals surface area contributed by atoms with Gasteiger partial charge in [0, 0.05) is 31.2 Å². The molecule has 2 aliphatic rings. The fraction of sp³-hybridized carbons (Fsp3) is 0.382. The van der Waals surface area contributed by atoms with Crippen molar-refractivity contribution in [3.05, 3.63) is 105 Å². The molecule has 1 atom stereocenters. The van der Waals surface area contributed by atoms with Crippen molar-refractivity contribution in [3.8, 4) is 6.07 Å². The van der Waals surface area contributed by atoms with Crippen molar-refractivity contribution in [2.45, 2.75) is 57.0 Å². The maximum absolute atomic E-state index is 13.7. The van der Waals surface area contributed by atoms with Gasteiger partial charge in [-0.15, -0.1) is 0 Å². The Morgan fingerprint density at radius 2 is 1.64 bits per heavy atom. The fourth-order valence-electron chi connectivity index (χ4n) is 6.42. The molecular formula is C34H36Cl2N4O2. The van der Waals surface area contributed by atoms with E-state index in [9.17, 15) is 14.9 Å². The van der Waals surface area contributed by atoms with Crippen LogP contribution in [0.15, 0.2) is 66.7 Å². The Hall–Kier alpha value is -3.37. The first-order valence-electron chi connectivity index (χ1n) is 14.5. The van der Waals surface area contributed by atoms with Crippen LogP contribution >= 0.6 is 23.2 Å². The van der Waals surface area contributed by atoms with E-state index in [-0.39, 0.29) is 30.4 Å². The number of nitrogens with zero attached hydrogens (tertiary/aromatic N) is 3. The van der Waals surface area contributed by atoms with Crippen molar-refractivity contribution in [2.24, 2.45) is 0 Å². The molecule has 0 aromatic heterocycles. The van der Waals surface area contributed by atoms with Crippen molar-refractivity contribution in [1.29, 1.82) is 5.26 Å². The number of nitrogens with one attached hydrogen (secondary N) is 1. The van der Waals surface area contributed by atoms with Gasteiger partial charge in [-0.05, 0) is 74.9 Å². The van der Waals surface area contributed by atoms with Gasteiger partial charge in [-0.2, -0.15) is 5.26 Å². The second-order valence-electron chi connectivity index (χ2n) is 11.6. The molecule has 6 nitrogen and oxygen atoms in total. The van der Waals surface area contributed by atoms with Gasteiger partial charge in [0.1, 0.15) is 0 Å². The number of nitriles is 1. The molecule has 42 heavy (non-hydrogen) atoms. The number of halogens is 2. The largest absolute Gasteiger partial charge is 0.334 e. The lowest BCUT2D eigenvalue weighted by atomic mass is 9.69. The van der Waals surface area contributed by atoms with E-state index in [1.165, 1.54) is 0 Å². The number of amides is 2. The highest BCUT2D eigenvalue weighted by atomic mass is 35.5. The van der Waals surface area contributed by atoms with E-state index in [0.717, 1.165) is 47.9 Å². The van der Waals surface area contributed by atoms with Gasteiger partial charge >= 0.3 is 0 Å². The minimum absolute atomic E-state index is 0.0234. The number of rotatable bonds is 6. The zero-order chi connectivity index (χ0) is 29.9. The molecule has 218 valence electrons. The lowest BCUT2D eigenvalue weighted by molar-refractivity contribution is -0.135. The summed E-state index contributed by atoms with van der Waals surface area (Å²) in [5, 5.41) is 14.4. The van der Waals surface area contributed by atoms with Gasteiger partial charge in [0.05, 0.1) is 34.1 Å². The minimum Gasteiger partial charge on any atom is -0.334 e. The van der Waals surface area contributed by atoms with Gasteiger partial charge in [-0.1, -0.05) is 76.8 Å². The second-order valence-corrected chi connectivity index (χ2v) is 12.4. The number of carbonyl (C=O) groups is 2. The smallest absolute Gasteiger partial charge is 0.254 e. The SMILES string of the molecule is Cc1cc(C)cc(C(=O)N2CCN(C(=O)CNC3CCC(C#N)(c4ccccc4)CC3)[C@H](c3ccc(Cl)c(Cl)c3)C2)c1. The van der Waals surface area contributed by atoms with Gasteiger partial charge < -0.3 is 15.1 Å². The number of piperazine rings is 1. The lowest BCUT2D eigenvalue weighted by Crippen LogP contribution is -2.54. The van der Waals surface area contributed by atoms with Crippen LogP contribution in [0.1, 0.15) is 64.3 Å². The van der Waals surface area contributed by atoms with Crippen LogP contribution in [0.25, 0.3) is 0 Å². The number of hydrogen-bond acceptors (Lipinski definition) is 4. The van der Waals surface area contributed by atoms with Gasteiger partial charge in [0.15, 0.2) is 0 Å². The van der Waals surface area contributed by atoms with Crippen LogP contribution in [0.3, 0.4) is 0 Å². The molecular weight excluding hydrogens is 567 g/mol. The number of hydrogen-bond donors (Lipinski definition) is 1. The molecule has 0 unspecified atom stereocenters. The van der Waals surface area contributed by atoms with Crippen LogP contribution in [-0.4, -0.2) is 53.8 Å². The highest BCUT2D eigenvalue weighted by molar-refractivity contribution is 6.42. The average molecular weight is 604 g/mol. The van der Waals surface area contributed by atoms with E-state index < -0.39 is 5.41 Å². The normalized spacial score (nSPS) is 22.5. The highest BCUT2D eigenvalue weighted by Gasteiger charge is 2.38. The second kappa shape index (κ2) is 12.9. The molecule has 3 aromatic carbocycles. The van der Waals surface area contributed by atoms with Crippen LogP contribution in [-0.2, 0) is 10.2 Å². The predicted molar refractivity (Wildman–Crippen MR) is 167 cm³/mol. The zero-order valence-corrected chi connectivity index (χ0v) is 25.6. The van der Waals surface area contributed by atoms with E-state index in [1.807, 2.05) is 78.2 Å². The summed E-state index contributed by atoms with van der Waals surface area (Å²) in [6, 6.07) is 23.7. The van der Waals surface area contributed by atoms with Crippen molar-refractivity contribution in [3.63, 3.8) is 0 Å². The van der Waals surface area contributed by atoms with Crippen molar-refractivity contribution in [2.75, 3.05) is 26.2 Å². The topological polar surface area (TPSA) is 76.4 Å². The third-order valence-corrected chi connectivity index (χ3v) is 9.45. The summed E-state index contributed by atoms with van der Waals surface area (Å²) >= 11 is 12.6. The molecule has 3 aromatic rings. The Kier molecular flexibility index (Phi) is 9.22. The first kappa shape index (κ1) is 30.1. The first-order chi connectivity index (χ1) is 20.2. The number of aryl methyl sites for hydroxylation is 2. The molecule has 0 radical (unpaired) electrons. The van der Waals surface area contributed by atoms with E-state index in [1.54, 1.807) is 12.1 Å². The molecule has 1 saturated carbocycles. The van der Waals surface area contributed by atoms with Crippen LogP contribution in [0.5, 0.6) is 0 Å². The van der Waals surface area contributed by atoms with E-state index in [4.69, 9.17) is 23.2 Å². The zero-order valence-electron chi connectivity index (χ0n) is 24.1. The van der Waals surface area contributed by atoms with Gasteiger partial charge in [0.2, 0.25) is 5.91 Å². The van der Waals surface area contributed by atoms with E-state index >= 15 is 0 Å². The Morgan fingerprint density at radius 1 is 0.952 bits per heavy atom. The van der Waals surface area contributed by atoms with E-state index in [2.05, 4.69) is 11.4 Å². The maximum Gasteiger partial charge on any atom is 0.254 e. The summed E-state index contributed by atoms with van der Waals surface area (Å²) in [4.78, 5) is 30.9. The molecule has 1 N–H and O–H groups in total. The summed E-state index contributed by atoms with van der Waals surface area (Å²) in [7, 11) is 0. The summed E-state index contributed by atoms with van der Waals surface area (Å²) in [6.07, 6.45) is 3.16. The fourth-order valence-corrected chi connectivity index (χ4v) is 6.73. The van der Waals surface area contributed by atoms with Crippen molar-refractivity contribution < 1.29 is 9.59 Å². The monoisotopic (exact) mass is 602 g/mol. The van der Waals surface area contributed by atoms with Gasteiger partial charge in [0.25, 0.3) is 5.91 Å². The van der Waals surface area contributed by atoms with E-state index in [0.29, 0.717) is 35.2 Å². The summed E-state index contributed by atoms with van der Waals surface area (Å²) in [6.45, 7) is 5.39. The number of carbonyl (C=O) groups excluding carboxylic acids is 2. The molecule has 0 bridgehead atoms. The Morgan fingerprint density at radius 3 is 2.29 bits per heavy atom. The minimum atomic E-state index is -0.471. The van der Waals surface area contributed by atoms with Crippen LogP contribution in [0.4, 0.5) is 0 Å². The molecule has 1 saturated heterocycles.